The van der Waals surface area contributed by atoms with Crippen molar-refractivity contribution in [3.05, 3.63) is 69.8 Å². The van der Waals surface area contributed by atoms with Crippen LogP contribution in [0.25, 0.3) is 0 Å². The minimum Gasteiger partial charge on any atom is -0.550 e. The molecule has 196 valence electrons. The maximum Gasteiger partial charge on any atom is 1.00 e. The van der Waals surface area contributed by atoms with Crippen molar-refractivity contribution in [3.63, 3.8) is 0 Å². The summed E-state index contributed by atoms with van der Waals surface area (Å²) >= 11 is 0. The van der Waals surface area contributed by atoms with Crippen LogP contribution in [0.15, 0.2) is 42.0 Å². The van der Waals surface area contributed by atoms with Gasteiger partial charge in [0.2, 0.25) is 5.91 Å². The predicted molar refractivity (Wildman–Crippen MR) is 132 cm³/mol. The van der Waals surface area contributed by atoms with Gasteiger partial charge in [0.15, 0.2) is 5.75 Å². The molecule has 0 fully saturated rings. The van der Waals surface area contributed by atoms with Crippen molar-refractivity contribution in [2.75, 3.05) is 7.11 Å². The molecule has 0 saturated heterocycles. The number of carbonyl (C=O) groups is 4. The number of carbonyl (C=O) groups excluding carboxylic acids is 4. The maximum atomic E-state index is 12.8. The normalized spacial score (nSPS) is 12.2. The van der Waals surface area contributed by atoms with Crippen LogP contribution in [0, 0.1) is 6.92 Å². The third-order valence-corrected chi connectivity index (χ3v) is 6.11. The number of ether oxygens (including phenoxy) is 3. The van der Waals surface area contributed by atoms with Crippen LogP contribution in [-0.2, 0) is 38.7 Å². The summed E-state index contributed by atoms with van der Waals surface area (Å²) in [7, 11) is 1.48. The largest absolute Gasteiger partial charge is 1.00 e. The summed E-state index contributed by atoms with van der Waals surface area (Å²) in [6.45, 7) is 3.95. The number of amides is 1. The number of methoxy groups -OCH3 is 1. The fraction of sp³-hybridized carbons (Fsp3) is 0.357. The Kier molecular flexibility index (Phi) is 12.0. The monoisotopic (exact) mass is 531 g/mol. The number of allylic oxidation sites excluding steroid dienone is 2. The summed E-state index contributed by atoms with van der Waals surface area (Å²) in [6, 6.07) is 9.39. The van der Waals surface area contributed by atoms with Gasteiger partial charge in [-0.2, -0.15) is 0 Å². The van der Waals surface area contributed by atoms with Crippen molar-refractivity contribution >= 4 is 23.8 Å². The summed E-state index contributed by atoms with van der Waals surface area (Å²) in [5, 5.41) is 13.6. The Hall–Kier alpha value is -3.14. The van der Waals surface area contributed by atoms with Gasteiger partial charge in [0, 0.05) is 30.1 Å². The van der Waals surface area contributed by atoms with Crippen LogP contribution < -0.4 is 49.5 Å². The molecule has 10 heteroatoms. The Labute approximate surface area is 243 Å². The molecule has 0 aromatic heterocycles. The number of cyclic esters (lactones) is 1. The van der Waals surface area contributed by atoms with Crippen molar-refractivity contribution in [1.82, 2.24) is 5.32 Å². The first kappa shape index (κ1) is 31.1. The molecule has 1 aliphatic heterocycles. The number of hydrogen-bond acceptors (Lipinski definition) is 8. The minimum absolute atomic E-state index is 0. The Balaban J connectivity index is 0.00000507. The first-order valence-electron chi connectivity index (χ1n) is 12.0. The van der Waals surface area contributed by atoms with E-state index in [1.807, 2.05) is 30.3 Å². The van der Waals surface area contributed by atoms with E-state index < -0.39 is 17.9 Å². The Morgan fingerprint density at radius 2 is 1.79 bits per heavy atom. The molecule has 0 bridgehead atoms. The molecule has 2 aromatic carbocycles. The van der Waals surface area contributed by atoms with E-state index in [9.17, 15) is 24.3 Å². The predicted octanol–water partition coefficient (Wildman–Crippen LogP) is -0.301. The Bertz CT molecular complexity index is 1220. The summed E-state index contributed by atoms with van der Waals surface area (Å²) in [4.78, 5) is 48.4. The van der Waals surface area contributed by atoms with Gasteiger partial charge in [-0.3, -0.25) is 9.59 Å². The zero-order valence-corrected chi connectivity index (χ0v) is 24.2. The van der Waals surface area contributed by atoms with Crippen molar-refractivity contribution < 1.29 is 68.1 Å². The average molecular weight is 532 g/mol. The molecule has 1 aliphatic rings. The van der Waals surface area contributed by atoms with Gasteiger partial charge >= 0.3 is 41.5 Å². The van der Waals surface area contributed by atoms with E-state index in [4.69, 9.17) is 14.2 Å². The fourth-order valence-corrected chi connectivity index (χ4v) is 4.07. The van der Waals surface area contributed by atoms with Gasteiger partial charge in [-0.25, -0.2) is 4.79 Å². The van der Waals surface area contributed by atoms with E-state index in [1.165, 1.54) is 7.11 Å². The molecule has 0 saturated carbocycles. The molecule has 38 heavy (non-hydrogen) atoms. The van der Waals surface area contributed by atoms with Crippen LogP contribution in [0.2, 0.25) is 0 Å². The van der Waals surface area contributed by atoms with E-state index in [0.29, 0.717) is 35.4 Å². The summed E-state index contributed by atoms with van der Waals surface area (Å²) in [6.07, 6.45) is 1.91. The van der Waals surface area contributed by atoms with Gasteiger partial charge in [0.1, 0.15) is 17.9 Å². The zero-order chi connectivity index (χ0) is 26.9. The maximum absolute atomic E-state index is 12.8. The molecule has 0 unspecified atom stereocenters. The van der Waals surface area contributed by atoms with E-state index in [1.54, 1.807) is 19.9 Å². The smallest absolute Gasteiger partial charge is 0.550 e. The number of aliphatic carboxylic acids is 1. The second kappa shape index (κ2) is 14.7. The SMILES string of the molecule is COc1c(C)c2c(c(OC(=O)CCC(=O)NCc3ccccc3)c1C/C=C(\C)CCC(=O)[O-])C(=O)OC2.[Na+]. The van der Waals surface area contributed by atoms with Crippen molar-refractivity contribution in [2.45, 2.75) is 59.1 Å². The average Bonchev–Trinajstić information content (AvgIpc) is 3.27. The van der Waals surface area contributed by atoms with E-state index in [-0.39, 0.29) is 79.1 Å². The number of hydrogen-bond donors (Lipinski definition) is 1. The quantitative estimate of drug-likeness (QED) is 0.171. The van der Waals surface area contributed by atoms with Gasteiger partial charge < -0.3 is 29.4 Å². The number of rotatable bonds is 12. The van der Waals surface area contributed by atoms with Crippen LogP contribution in [0.1, 0.15) is 65.2 Å². The first-order valence-corrected chi connectivity index (χ1v) is 12.0. The standard InChI is InChI=1S/C28H31NO8.Na/c1-17(10-13-23(31)32)9-11-20-26(35-3)18(2)21-16-36-28(34)25(21)27(20)37-24(33)14-12-22(30)29-15-19-7-5-4-6-8-19;/h4-9H,10-16H2,1-3H3,(H,29,30)(H,31,32);/q;+1/p-1/b17-9+;. The van der Waals surface area contributed by atoms with Crippen molar-refractivity contribution in [1.29, 1.82) is 0 Å². The third-order valence-electron chi connectivity index (χ3n) is 6.11. The number of benzene rings is 2. The van der Waals surface area contributed by atoms with E-state index in [0.717, 1.165) is 11.1 Å². The topological polar surface area (TPSA) is 131 Å². The minimum atomic E-state index is -1.15. The molecular weight excluding hydrogens is 501 g/mol. The van der Waals surface area contributed by atoms with Crippen LogP contribution in [-0.4, -0.2) is 30.9 Å². The molecule has 2 aromatic rings. The van der Waals surface area contributed by atoms with E-state index in [2.05, 4.69) is 5.32 Å². The summed E-state index contributed by atoms with van der Waals surface area (Å²) in [5.41, 5.74) is 3.63. The van der Waals surface area contributed by atoms with E-state index >= 15 is 0 Å². The molecule has 9 nitrogen and oxygen atoms in total. The summed E-state index contributed by atoms with van der Waals surface area (Å²) < 4.78 is 16.5. The molecule has 3 rings (SSSR count). The van der Waals surface area contributed by atoms with Gasteiger partial charge in [0.25, 0.3) is 0 Å². The third kappa shape index (κ3) is 8.18. The second-order valence-corrected chi connectivity index (χ2v) is 8.76. The van der Waals surface area contributed by atoms with Crippen LogP contribution in [0.3, 0.4) is 0 Å². The van der Waals surface area contributed by atoms with Gasteiger partial charge in [-0.05, 0) is 44.2 Å². The van der Waals surface area contributed by atoms with Gasteiger partial charge in [0.05, 0.1) is 13.5 Å². The molecule has 0 aliphatic carbocycles. The molecule has 1 heterocycles. The molecule has 1 N–H and O–H groups in total. The summed E-state index contributed by atoms with van der Waals surface area (Å²) in [5.74, 6) is -2.25. The molecule has 0 radical (unpaired) electrons. The van der Waals surface area contributed by atoms with Crippen molar-refractivity contribution in [2.24, 2.45) is 0 Å². The van der Waals surface area contributed by atoms with Crippen LogP contribution in [0.4, 0.5) is 0 Å². The molecule has 1 amide bonds. The van der Waals surface area contributed by atoms with Gasteiger partial charge in [-0.1, -0.05) is 42.0 Å². The first-order chi connectivity index (χ1) is 17.7. The van der Waals surface area contributed by atoms with Gasteiger partial charge in [-0.15, -0.1) is 0 Å². The Morgan fingerprint density at radius 3 is 2.45 bits per heavy atom. The zero-order valence-electron chi connectivity index (χ0n) is 22.2. The number of nitrogens with one attached hydrogen (secondary N) is 1. The Morgan fingerprint density at radius 1 is 1.08 bits per heavy atom. The van der Waals surface area contributed by atoms with Crippen LogP contribution >= 0.6 is 0 Å². The number of fused-ring (bicyclic) bond motifs is 1. The number of carboxylic acids is 1. The molecular formula is C28H30NNaO8. The van der Waals surface area contributed by atoms with Crippen LogP contribution in [0.5, 0.6) is 11.5 Å². The van der Waals surface area contributed by atoms with Crippen molar-refractivity contribution in [3.8, 4) is 11.5 Å². The molecule has 0 atom stereocenters. The second-order valence-electron chi connectivity index (χ2n) is 8.76. The molecule has 0 spiro atoms. The number of esters is 2. The number of carboxylic acid groups (broad SMARTS) is 1. The fourth-order valence-electron chi connectivity index (χ4n) is 4.07.